The van der Waals surface area contributed by atoms with Crippen molar-refractivity contribution in [3.05, 3.63) is 70.7 Å². The van der Waals surface area contributed by atoms with Gasteiger partial charge in [-0.25, -0.2) is 4.79 Å². The standard InChI is InChI=1S/C18H20ClNO2/c1-14(12-20(2)13-15-8-4-3-5-9-15)22-18(21)16-10-6-7-11-17(16)19/h3-11,14H,12-13H2,1-2H3/t14-/m0/s1. The topological polar surface area (TPSA) is 29.5 Å². The number of ether oxygens (including phenoxy) is 1. The summed E-state index contributed by atoms with van der Waals surface area (Å²) in [6, 6.07) is 17.1. The highest BCUT2D eigenvalue weighted by Gasteiger charge is 2.16. The fourth-order valence-electron chi connectivity index (χ4n) is 2.31. The van der Waals surface area contributed by atoms with Crippen molar-refractivity contribution in [2.45, 2.75) is 19.6 Å². The molecule has 0 bridgehead atoms. The smallest absolute Gasteiger partial charge is 0.339 e. The molecule has 2 aromatic carbocycles. The zero-order valence-electron chi connectivity index (χ0n) is 12.8. The first-order valence-electron chi connectivity index (χ1n) is 7.24. The molecule has 22 heavy (non-hydrogen) atoms. The maximum Gasteiger partial charge on any atom is 0.339 e. The molecule has 0 N–H and O–H groups in total. The fourth-order valence-corrected chi connectivity index (χ4v) is 2.52. The third-order valence-corrected chi connectivity index (χ3v) is 3.60. The summed E-state index contributed by atoms with van der Waals surface area (Å²) >= 11 is 6.00. The van der Waals surface area contributed by atoms with Gasteiger partial charge in [-0.3, -0.25) is 4.90 Å². The number of hydrogen-bond donors (Lipinski definition) is 0. The average Bonchev–Trinajstić information content (AvgIpc) is 2.48. The van der Waals surface area contributed by atoms with Gasteiger partial charge in [0.2, 0.25) is 0 Å². The summed E-state index contributed by atoms with van der Waals surface area (Å²) in [4.78, 5) is 14.2. The van der Waals surface area contributed by atoms with Gasteiger partial charge in [-0.05, 0) is 31.7 Å². The van der Waals surface area contributed by atoms with Gasteiger partial charge in [-0.15, -0.1) is 0 Å². The molecule has 0 unspecified atom stereocenters. The van der Waals surface area contributed by atoms with Crippen LogP contribution in [0, 0.1) is 0 Å². The highest BCUT2D eigenvalue weighted by molar-refractivity contribution is 6.33. The van der Waals surface area contributed by atoms with Gasteiger partial charge in [-0.2, -0.15) is 0 Å². The van der Waals surface area contributed by atoms with Gasteiger partial charge in [0, 0.05) is 13.1 Å². The minimum atomic E-state index is -0.383. The van der Waals surface area contributed by atoms with Crippen molar-refractivity contribution in [3.8, 4) is 0 Å². The van der Waals surface area contributed by atoms with E-state index in [9.17, 15) is 4.79 Å². The molecule has 0 spiro atoms. The molecule has 2 rings (SSSR count). The highest BCUT2D eigenvalue weighted by atomic mass is 35.5. The second-order valence-corrected chi connectivity index (χ2v) is 5.79. The predicted molar refractivity (Wildman–Crippen MR) is 89.1 cm³/mol. The van der Waals surface area contributed by atoms with Crippen LogP contribution >= 0.6 is 11.6 Å². The van der Waals surface area contributed by atoms with Crippen molar-refractivity contribution >= 4 is 17.6 Å². The molecule has 0 fully saturated rings. The van der Waals surface area contributed by atoms with E-state index in [-0.39, 0.29) is 12.1 Å². The van der Waals surface area contributed by atoms with Crippen LogP contribution in [0.4, 0.5) is 0 Å². The lowest BCUT2D eigenvalue weighted by molar-refractivity contribution is 0.0268. The lowest BCUT2D eigenvalue weighted by Gasteiger charge is -2.21. The molecule has 0 aliphatic rings. The second kappa shape index (κ2) is 7.97. The summed E-state index contributed by atoms with van der Waals surface area (Å²) in [7, 11) is 2.01. The van der Waals surface area contributed by atoms with Crippen LogP contribution in [0.15, 0.2) is 54.6 Å². The molecule has 1 atom stereocenters. The third kappa shape index (κ3) is 4.86. The molecule has 0 radical (unpaired) electrons. The number of hydrogen-bond acceptors (Lipinski definition) is 3. The molecule has 0 aliphatic heterocycles. The minimum Gasteiger partial charge on any atom is -0.458 e. The van der Waals surface area contributed by atoms with Gasteiger partial charge >= 0.3 is 5.97 Å². The van der Waals surface area contributed by atoms with Crippen molar-refractivity contribution < 1.29 is 9.53 Å². The summed E-state index contributed by atoms with van der Waals surface area (Å²) in [5, 5.41) is 0.414. The van der Waals surface area contributed by atoms with Gasteiger partial charge in [0.05, 0.1) is 10.6 Å². The van der Waals surface area contributed by atoms with Crippen molar-refractivity contribution in [1.82, 2.24) is 4.90 Å². The summed E-state index contributed by atoms with van der Waals surface area (Å²) < 4.78 is 5.46. The molecule has 4 heteroatoms. The van der Waals surface area contributed by atoms with E-state index in [1.54, 1.807) is 24.3 Å². The van der Waals surface area contributed by atoms with Gasteiger partial charge in [0.1, 0.15) is 6.10 Å². The predicted octanol–water partition coefficient (Wildman–Crippen LogP) is 4.02. The Kier molecular flexibility index (Phi) is 5.99. The van der Waals surface area contributed by atoms with Crippen LogP contribution in [0.5, 0.6) is 0 Å². The Hall–Kier alpha value is -1.84. The largest absolute Gasteiger partial charge is 0.458 e. The van der Waals surface area contributed by atoms with Crippen molar-refractivity contribution in [2.75, 3.05) is 13.6 Å². The molecule has 2 aromatic rings. The van der Waals surface area contributed by atoms with Gasteiger partial charge in [0.15, 0.2) is 0 Å². The van der Waals surface area contributed by atoms with Crippen molar-refractivity contribution in [3.63, 3.8) is 0 Å². The van der Waals surface area contributed by atoms with Gasteiger partial charge in [0.25, 0.3) is 0 Å². The average molecular weight is 318 g/mol. The monoisotopic (exact) mass is 317 g/mol. The molecule has 0 saturated carbocycles. The zero-order valence-corrected chi connectivity index (χ0v) is 13.6. The van der Waals surface area contributed by atoms with E-state index in [4.69, 9.17) is 16.3 Å². The van der Waals surface area contributed by atoms with Crippen LogP contribution in [0.25, 0.3) is 0 Å². The highest BCUT2D eigenvalue weighted by Crippen LogP contribution is 2.16. The van der Waals surface area contributed by atoms with Crippen molar-refractivity contribution in [2.24, 2.45) is 0 Å². The molecular formula is C18H20ClNO2. The molecule has 116 valence electrons. The number of benzene rings is 2. The van der Waals surface area contributed by atoms with Crippen molar-refractivity contribution in [1.29, 1.82) is 0 Å². The van der Waals surface area contributed by atoms with Crippen LogP contribution in [-0.2, 0) is 11.3 Å². The maximum absolute atomic E-state index is 12.1. The minimum absolute atomic E-state index is 0.211. The quantitative estimate of drug-likeness (QED) is 0.754. The SMILES string of the molecule is C[C@@H](CN(C)Cc1ccccc1)OC(=O)c1ccccc1Cl. The summed E-state index contributed by atoms with van der Waals surface area (Å²) in [5.41, 5.74) is 1.64. The van der Waals surface area contributed by atoms with E-state index < -0.39 is 0 Å². The molecule has 0 amide bonds. The van der Waals surface area contributed by atoms with Gasteiger partial charge in [-0.1, -0.05) is 54.1 Å². The Morgan fingerprint density at radius 2 is 1.77 bits per heavy atom. The molecule has 0 heterocycles. The lowest BCUT2D eigenvalue weighted by atomic mass is 10.2. The number of esters is 1. The van der Waals surface area contributed by atoms with Crippen LogP contribution in [0.2, 0.25) is 5.02 Å². The maximum atomic E-state index is 12.1. The third-order valence-electron chi connectivity index (χ3n) is 3.27. The normalized spacial score (nSPS) is 12.2. The summed E-state index contributed by atoms with van der Waals surface area (Å²) in [5.74, 6) is -0.383. The molecule has 0 saturated heterocycles. The molecule has 0 aromatic heterocycles. The van der Waals surface area contributed by atoms with Crippen LogP contribution in [-0.4, -0.2) is 30.6 Å². The van der Waals surface area contributed by atoms with E-state index in [1.807, 2.05) is 32.2 Å². The molecular weight excluding hydrogens is 298 g/mol. The Bertz CT molecular complexity index is 615. The number of carbonyl (C=O) groups excluding carboxylic acids is 1. The van der Waals surface area contributed by atoms with Crippen LogP contribution < -0.4 is 0 Å². The zero-order chi connectivity index (χ0) is 15.9. The van der Waals surface area contributed by atoms with Crippen LogP contribution in [0.3, 0.4) is 0 Å². The number of carbonyl (C=O) groups is 1. The Labute approximate surface area is 136 Å². The Morgan fingerprint density at radius 3 is 2.45 bits per heavy atom. The van der Waals surface area contributed by atoms with E-state index in [2.05, 4.69) is 17.0 Å². The fraction of sp³-hybridized carbons (Fsp3) is 0.278. The number of nitrogens with zero attached hydrogens (tertiary/aromatic N) is 1. The Morgan fingerprint density at radius 1 is 1.14 bits per heavy atom. The first kappa shape index (κ1) is 16.5. The second-order valence-electron chi connectivity index (χ2n) is 5.38. The van der Waals surface area contributed by atoms with Gasteiger partial charge < -0.3 is 4.74 Å². The number of halogens is 1. The first-order valence-corrected chi connectivity index (χ1v) is 7.62. The number of rotatable bonds is 6. The lowest BCUT2D eigenvalue weighted by Crippen LogP contribution is -2.30. The first-order chi connectivity index (χ1) is 10.6. The van der Waals surface area contributed by atoms with Crippen LogP contribution in [0.1, 0.15) is 22.8 Å². The van der Waals surface area contributed by atoms with E-state index >= 15 is 0 Å². The molecule has 0 aliphatic carbocycles. The van der Waals surface area contributed by atoms with E-state index in [0.29, 0.717) is 17.1 Å². The number of likely N-dealkylation sites (N-methyl/N-ethyl adjacent to an activating group) is 1. The summed E-state index contributed by atoms with van der Waals surface area (Å²) in [6.45, 7) is 3.36. The van der Waals surface area contributed by atoms with E-state index in [1.165, 1.54) is 5.56 Å². The Balaban J connectivity index is 1.86. The van der Waals surface area contributed by atoms with E-state index in [0.717, 1.165) is 6.54 Å². The molecule has 3 nitrogen and oxygen atoms in total. The summed E-state index contributed by atoms with van der Waals surface area (Å²) in [6.07, 6.45) is -0.211.